The number of nitrogens with one attached hydrogen (secondary N) is 2. The summed E-state index contributed by atoms with van der Waals surface area (Å²) in [5.41, 5.74) is 1.26. The van der Waals surface area contributed by atoms with Crippen LogP contribution in [0.5, 0.6) is 0 Å². The maximum absolute atomic E-state index is 12.3. The Hall–Kier alpha value is -0.780. The lowest BCUT2D eigenvalue weighted by molar-refractivity contribution is -0.126. The third kappa shape index (κ3) is 5.11. The topological polar surface area (TPSA) is 44.4 Å². The fourth-order valence-electron chi connectivity index (χ4n) is 3.67. The molecule has 0 bridgehead atoms. The molecule has 0 saturated carbocycles. The van der Waals surface area contributed by atoms with Gasteiger partial charge in [0.05, 0.1) is 0 Å². The van der Waals surface area contributed by atoms with Crippen molar-refractivity contribution in [1.82, 2.24) is 10.6 Å². The molecule has 2 N–H and O–H groups in total. The Morgan fingerprint density at radius 2 is 2.25 bits per heavy atom. The van der Waals surface area contributed by atoms with E-state index in [9.17, 15) is 4.79 Å². The number of carbonyl (C=O) groups excluding carboxylic acids is 1. The molecular formula is C18H27BrClN3O. The summed E-state index contributed by atoms with van der Waals surface area (Å²) < 4.78 is 1.12. The normalized spacial score (nSPS) is 26.8. The summed E-state index contributed by atoms with van der Waals surface area (Å²) in [7, 11) is 0. The Balaban J connectivity index is 0.00000208. The Morgan fingerprint density at radius 1 is 1.42 bits per heavy atom. The van der Waals surface area contributed by atoms with Gasteiger partial charge in [0.25, 0.3) is 0 Å². The second-order valence-electron chi connectivity index (χ2n) is 6.90. The van der Waals surface area contributed by atoms with Gasteiger partial charge in [0.15, 0.2) is 0 Å². The largest absolute Gasteiger partial charge is 0.371 e. The zero-order chi connectivity index (χ0) is 16.2. The van der Waals surface area contributed by atoms with Crippen LogP contribution in [0.25, 0.3) is 0 Å². The summed E-state index contributed by atoms with van der Waals surface area (Å²) in [4.78, 5) is 14.7. The van der Waals surface area contributed by atoms with Crippen LogP contribution < -0.4 is 15.5 Å². The van der Waals surface area contributed by atoms with Crippen molar-refractivity contribution < 1.29 is 4.79 Å². The molecule has 1 aromatic rings. The number of nitrogens with zero attached hydrogens (tertiary/aromatic N) is 1. The van der Waals surface area contributed by atoms with Gasteiger partial charge in [-0.25, -0.2) is 0 Å². The minimum absolute atomic E-state index is 0. The van der Waals surface area contributed by atoms with E-state index in [-0.39, 0.29) is 24.2 Å². The lowest BCUT2D eigenvalue weighted by atomic mass is 9.92. The van der Waals surface area contributed by atoms with Crippen LogP contribution >= 0.6 is 28.3 Å². The van der Waals surface area contributed by atoms with Crippen molar-refractivity contribution in [2.24, 2.45) is 11.8 Å². The van der Waals surface area contributed by atoms with Crippen molar-refractivity contribution >= 4 is 39.9 Å². The number of halogens is 2. The van der Waals surface area contributed by atoms with Gasteiger partial charge < -0.3 is 15.5 Å². The van der Waals surface area contributed by atoms with Gasteiger partial charge in [-0.05, 0) is 56.8 Å². The first kappa shape index (κ1) is 19.5. The maximum Gasteiger partial charge on any atom is 0.223 e. The molecule has 2 aliphatic rings. The second-order valence-corrected chi connectivity index (χ2v) is 7.82. The van der Waals surface area contributed by atoms with E-state index >= 15 is 0 Å². The molecule has 2 heterocycles. The molecule has 2 aliphatic heterocycles. The number of benzene rings is 1. The molecule has 3 atom stereocenters. The molecule has 0 aliphatic carbocycles. The monoisotopic (exact) mass is 415 g/mol. The van der Waals surface area contributed by atoms with E-state index in [1.165, 1.54) is 5.69 Å². The summed E-state index contributed by atoms with van der Waals surface area (Å²) in [6.45, 7) is 6.02. The van der Waals surface area contributed by atoms with E-state index in [4.69, 9.17) is 0 Å². The molecule has 1 amide bonds. The predicted molar refractivity (Wildman–Crippen MR) is 105 cm³/mol. The molecule has 4 nitrogen and oxygen atoms in total. The molecule has 1 aromatic carbocycles. The maximum atomic E-state index is 12.3. The summed E-state index contributed by atoms with van der Waals surface area (Å²) in [5.74, 6) is 0.991. The van der Waals surface area contributed by atoms with Crippen LogP contribution in [0.15, 0.2) is 28.7 Å². The average Bonchev–Trinajstić information content (AvgIpc) is 3.01. The number of carbonyl (C=O) groups is 1. The standard InChI is InChI=1S/C18H26BrN3O.ClH/c1-13-9-15(5-7-20-13)18(23)21-11-14-6-8-22(12-14)17-4-2-3-16(19)10-17;/h2-4,10,13-15,20H,5-9,11-12H2,1H3,(H,21,23);1H/t13-,14?,15-;/m0./s1. The van der Waals surface area contributed by atoms with E-state index < -0.39 is 0 Å². The number of amides is 1. The first-order valence-corrected chi connectivity index (χ1v) is 9.42. The molecule has 0 spiro atoms. The van der Waals surface area contributed by atoms with Gasteiger partial charge in [-0.1, -0.05) is 22.0 Å². The van der Waals surface area contributed by atoms with Gasteiger partial charge in [-0.2, -0.15) is 0 Å². The van der Waals surface area contributed by atoms with Crippen molar-refractivity contribution in [2.75, 3.05) is 31.1 Å². The second kappa shape index (κ2) is 9.07. The van der Waals surface area contributed by atoms with Crippen molar-refractivity contribution in [1.29, 1.82) is 0 Å². The zero-order valence-corrected chi connectivity index (χ0v) is 16.5. The summed E-state index contributed by atoms with van der Waals surface area (Å²) >= 11 is 3.53. The Kier molecular flexibility index (Phi) is 7.38. The number of piperidine rings is 1. The zero-order valence-electron chi connectivity index (χ0n) is 14.1. The quantitative estimate of drug-likeness (QED) is 0.792. The van der Waals surface area contributed by atoms with Gasteiger partial charge >= 0.3 is 0 Å². The molecule has 2 saturated heterocycles. The first-order chi connectivity index (χ1) is 11.1. The minimum atomic E-state index is 0. The SMILES string of the molecule is C[C@H]1C[C@@H](C(=O)NCC2CCN(c3cccc(Br)c3)C2)CCN1.Cl. The predicted octanol–water partition coefficient (Wildman–Crippen LogP) is 3.20. The Bertz CT molecular complexity index is 557. The highest BCUT2D eigenvalue weighted by Crippen LogP contribution is 2.26. The number of rotatable bonds is 4. The van der Waals surface area contributed by atoms with E-state index in [0.29, 0.717) is 12.0 Å². The summed E-state index contributed by atoms with van der Waals surface area (Å²) in [5, 5.41) is 6.60. The number of anilines is 1. The highest BCUT2D eigenvalue weighted by molar-refractivity contribution is 9.10. The molecule has 0 aromatic heterocycles. The highest BCUT2D eigenvalue weighted by atomic mass is 79.9. The smallest absolute Gasteiger partial charge is 0.223 e. The van der Waals surface area contributed by atoms with Gasteiger partial charge in [0, 0.05) is 41.8 Å². The average molecular weight is 417 g/mol. The van der Waals surface area contributed by atoms with Crippen LogP contribution in [0.3, 0.4) is 0 Å². The molecule has 134 valence electrons. The fourth-order valence-corrected chi connectivity index (χ4v) is 4.05. The van der Waals surface area contributed by atoms with Gasteiger partial charge in [0.2, 0.25) is 5.91 Å². The highest BCUT2D eigenvalue weighted by Gasteiger charge is 2.27. The molecule has 1 unspecified atom stereocenters. The van der Waals surface area contributed by atoms with Crippen LogP contribution in [0.2, 0.25) is 0 Å². The van der Waals surface area contributed by atoms with E-state index in [0.717, 1.165) is 49.9 Å². The molecular weight excluding hydrogens is 390 g/mol. The van der Waals surface area contributed by atoms with Crippen LogP contribution in [0, 0.1) is 11.8 Å². The van der Waals surface area contributed by atoms with Gasteiger partial charge in [-0.15, -0.1) is 12.4 Å². The van der Waals surface area contributed by atoms with Crippen molar-refractivity contribution in [3.8, 4) is 0 Å². The van der Waals surface area contributed by atoms with Crippen LogP contribution in [-0.4, -0.2) is 38.1 Å². The van der Waals surface area contributed by atoms with E-state index in [1.54, 1.807) is 0 Å². The molecule has 0 radical (unpaired) electrons. The molecule has 2 fully saturated rings. The number of hydrogen-bond acceptors (Lipinski definition) is 3. The number of hydrogen-bond donors (Lipinski definition) is 2. The summed E-state index contributed by atoms with van der Waals surface area (Å²) in [6, 6.07) is 8.90. The first-order valence-electron chi connectivity index (χ1n) is 8.63. The van der Waals surface area contributed by atoms with E-state index in [2.05, 4.69) is 62.7 Å². The van der Waals surface area contributed by atoms with Gasteiger partial charge in [-0.3, -0.25) is 4.79 Å². The molecule has 3 rings (SSSR count). The molecule has 6 heteroatoms. The van der Waals surface area contributed by atoms with Gasteiger partial charge in [0.1, 0.15) is 0 Å². The van der Waals surface area contributed by atoms with Crippen molar-refractivity contribution in [3.05, 3.63) is 28.7 Å². The third-order valence-corrected chi connectivity index (χ3v) is 5.51. The van der Waals surface area contributed by atoms with E-state index in [1.807, 2.05) is 0 Å². The van der Waals surface area contributed by atoms with Crippen molar-refractivity contribution in [2.45, 2.75) is 32.2 Å². The van der Waals surface area contributed by atoms with Crippen LogP contribution in [0.4, 0.5) is 5.69 Å². The lowest BCUT2D eigenvalue weighted by Crippen LogP contribution is -2.43. The lowest BCUT2D eigenvalue weighted by Gasteiger charge is -2.27. The Labute approximate surface area is 159 Å². The van der Waals surface area contributed by atoms with Crippen LogP contribution in [-0.2, 0) is 4.79 Å². The Morgan fingerprint density at radius 3 is 3.00 bits per heavy atom. The summed E-state index contributed by atoms with van der Waals surface area (Å²) in [6.07, 6.45) is 3.07. The van der Waals surface area contributed by atoms with Crippen LogP contribution in [0.1, 0.15) is 26.2 Å². The minimum Gasteiger partial charge on any atom is -0.371 e. The third-order valence-electron chi connectivity index (χ3n) is 5.02. The fraction of sp³-hybridized carbons (Fsp3) is 0.611. The molecule has 24 heavy (non-hydrogen) atoms. The van der Waals surface area contributed by atoms with Crippen molar-refractivity contribution in [3.63, 3.8) is 0 Å².